The smallest absolute Gasteiger partial charge is 0.0648 e. The summed E-state index contributed by atoms with van der Waals surface area (Å²) in [5.41, 5.74) is 4.50. The fraction of sp³-hybridized carbons (Fsp3) is 0.308. The van der Waals surface area contributed by atoms with Crippen LogP contribution in [0.5, 0.6) is 0 Å². The van der Waals surface area contributed by atoms with Crippen LogP contribution in [0.1, 0.15) is 16.8 Å². The molecule has 2 rings (SSSR count). The van der Waals surface area contributed by atoms with Crippen LogP contribution in [-0.4, -0.2) is 21.5 Å². The summed E-state index contributed by atoms with van der Waals surface area (Å²) in [6.07, 6.45) is 2.49. The highest BCUT2D eigenvalue weighted by Crippen LogP contribution is 2.14. The first-order valence-electron chi connectivity index (χ1n) is 5.44. The molecule has 1 N–H and O–H groups in total. The third-order valence-corrected chi connectivity index (χ3v) is 2.77. The number of aromatic nitrogens is 2. The third-order valence-electron chi connectivity index (χ3n) is 2.77. The molecular formula is C13H16N2O. The van der Waals surface area contributed by atoms with E-state index in [1.807, 2.05) is 17.8 Å². The van der Waals surface area contributed by atoms with Crippen LogP contribution in [0, 0.1) is 13.8 Å². The van der Waals surface area contributed by atoms with Gasteiger partial charge in [0.1, 0.15) is 0 Å². The summed E-state index contributed by atoms with van der Waals surface area (Å²) in [5, 5.41) is 13.3. The van der Waals surface area contributed by atoms with Gasteiger partial charge in [0.05, 0.1) is 11.9 Å². The molecule has 0 aliphatic heterocycles. The van der Waals surface area contributed by atoms with Crippen LogP contribution in [-0.2, 0) is 6.42 Å². The number of hydrogen-bond acceptors (Lipinski definition) is 2. The lowest BCUT2D eigenvalue weighted by Gasteiger charge is -2.05. The number of aliphatic hydroxyl groups is 1. The largest absolute Gasteiger partial charge is 0.396 e. The molecule has 84 valence electrons. The zero-order valence-corrected chi connectivity index (χ0v) is 9.64. The van der Waals surface area contributed by atoms with Gasteiger partial charge in [-0.2, -0.15) is 5.10 Å². The van der Waals surface area contributed by atoms with Crippen molar-refractivity contribution in [1.82, 2.24) is 9.78 Å². The lowest BCUT2D eigenvalue weighted by atomic mass is 10.2. The van der Waals surface area contributed by atoms with Crippen molar-refractivity contribution in [2.75, 3.05) is 6.61 Å². The van der Waals surface area contributed by atoms with E-state index in [0.29, 0.717) is 6.42 Å². The Balaban J connectivity index is 2.37. The van der Waals surface area contributed by atoms with Crippen LogP contribution >= 0.6 is 0 Å². The molecule has 1 heterocycles. The molecule has 0 saturated carbocycles. The van der Waals surface area contributed by atoms with E-state index in [1.165, 1.54) is 5.56 Å². The number of nitrogens with zero attached hydrogens (tertiary/aromatic N) is 2. The van der Waals surface area contributed by atoms with Gasteiger partial charge in [-0.3, -0.25) is 0 Å². The van der Waals surface area contributed by atoms with Crippen molar-refractivity contribution in [1.29, 1.82) is 0 Å². The summed E-state index contributed by atoms with van der Waals surface area (Å²) in [6, 6.07) is 8.25. The van der Waals surface area contributed by atoms with Crippen molar-refractivity contribution in [2.24, 2.45) is 0 Å². The second-order valence-electron chi connectivity index (χ2n) is 3.98. The topological polar surface area (TPSA) is 38.0 Å². The average molecular weight is 216 g/mol. The second-order valence-corrected chi connectivity index (χ2v) is 3.98. The molecule has 3 heteroatoms. The maximum Gasteiger partial charge on any atom is 0.0648 e. The van der Waals surface area contributed by atoms with Gasteiger partial charge in [0, 0.05) is 12.3 Å². The summed E-state index contributed by atoms with van der Waals surface area (Å²) in [4.78, 5) is 0. The summed E-state index contributed by atoms with van der Waals surface area (Å²) in [7, 11) is 0. The average Bonchev–Trinajstić information content (AvgIpc) is 2.63. The molecule has 0 atom stereocenters. The van der Waals surface area contributed by atoms with Gasteiger partial charge in [-0.25, -0.2) is 4.68 Å². The minimum Gasteiger partial charge on any atom is -0.396 e. The van der Waals surface area contributed by atoms with Crippen LogP contribution in [0.2, 0.25) is 0 Å². The molecule has 0 radical (unpaired) electrons. The molecule has 1 aromatic carbocycles. The molecule has 0 amide bonds. The zero-order chi connectivity index (χ0) is 11.5. The number of rotatable bonds is 3. The first kappa shape index (κ1) is 10.9. The number of benzene rings is 1. The predicted octanol–water partition coefficient (Wildman–Crippen LogP) is 2.02. The third kappa shape index (κ3) is 1.99. The highest BCUT2D eigenvalue weighted by atomic mass is 16.2. The minimum atomic E-state index is 0.167. The van der Waals surface area contributed by atoms with Crippen LogP contribution in [0.4, 0.5) is 0 Å². The fourth-order valence-electron chi connectivity index (χ4n) is 1.76. The van der Waals surface area contributed by atoms with Gasteiger partial charge in [0.25, 0.3) is 0 Å². The van der Waals surface area contributed by atoms with Crippen molar-refractivity contribution in [3.63, 3.8) is 0 Å². The fourth-order valence-corrected chi connectivity index (χ4v) is 1.76. The van der Waals surface area contributed by atoms with E-state index < -0.39 is 0 Å². The molecule has 0 bridgehead atoms. The summed E-state index contributed by atoms with van der Waals surface area (Å²) in [6.45, 7) is 4.26. The van der Waals surface area contributed by atoms with Gasteiger partial charge in [0.2, 0.25) is 0 Å². The Morgan fingerprint density at radius 2 is 1.88 bits per heavy atom. The van der Waals surface area contributed by atoms with Gasteiger partial charge < -0.3 is 5.11 Å². The molecule has 0 spiro atoms. The van der Waals surface area contributed by atoms with E-state index in [-0.39, 0.29) is 6.61 Å². The standard InChI is InChI=1S/C13H16N2O/c1-10-3-5-13(6-4-10)15-11(2)12(7-8-16)9-14-15/h3-6,9,16H,7-8H2,1-2H3. The van der Waals surface area contributed by atoms with Crippen molar-refractivity contribution in [3.8, 4) is 5.69 Å². The molecule has 0 aliphatic carbocycles. The van der Waals surface area contributed by atoms with Crippen molar-refractivity contribution >= 4 is 0 Å². The Kier molecular flexibility index (Phi) is 3.06. The molecular weight excluding hydrogens is 200 g/mol. The normalized spacial score (nSPS) is 10.7. The Morgan fingerprint density at radius 1 is 1.19 bits per heavy atom. The minimum absolute atomic E-state index is 0.167. The summed E-state index contributed by atoms with van der Waals surface area (Å²) in [5.74, 6) is 0. The van der Waals surface area contributed by atoms with Crippen molar-refractivity contribution in [3.05, 3.63) is 47.3 Å². The van der Waals surface area contributed by atoms with Crippen LogP contribution in [0.15, 0.2) is 30.5 Å². The first-order valence-corrected chi connectivity index (χ1v) is 5.44. The van der Waals surface area contributed by atoms with E-state index in [2.05, 4.69) is 36.3 Å². The molecule has 16 heavy (non-hydrogen) atoms. The maximum atomic E-state index is 8.92. The van der Waals surface area contributed by atoms with Gasteiger partial charge in [-0.05, 0) is 38.0 Å². The molecule has 0 aliphatic rings. The highest BCUT2D eigenvalue weighted by molar-refractivity contribution is 5.36. The Labute approximate surface area is 95.3 Å². The maximum absolute atomic E-state index is 8.92. The van der Waals surface area contributed by atoms with Crippen LogP contribution in [0.3, 0.4) is 0 Å². The lowest BCUT2D eigenvalue weighted by molar-refractivity contribution is 0.299. The van der Waals surface area contributed by atoms with Crippen molar-refractivity contribution < 1.29 is 5.11 Å². The van der Waals surface area contributed by atoms with Gasteiger partial charge >= 0.3 is 0 Å². The molecule has 2 aromatic rings. The SMILES string of the molecule is Cc1ccc(-n2ncc(CCO)c2C)cc1. The van der Waals surface area contributed by atoms with Gasteiger partial charge in [-0.15, -0.1) is 0 Å². The Hall–Kier alpha value is -1.61. The van der Waals surface area contributed by atoms with E-state index in [4.69, 9.17) is 5.11 Å². The van der Waals surface area contributed by atoms with Crippen molar-refractivity contribution in [2.45, 2.75) is 20.3 Å². The highest BCUT2D eigenvalue weighted by Gasteiger charge is 2.06. The monoisotopic (exact) mass is 216 g/mol. The number of hydrogen-bond donors (Lipinski definition) is 1. The number of aryl methyl sites for hydroxylation is 1. The Bertz CT molecular complexity index is 471. The predicted molar refractivity (Wildman–Crippen MR) is 63.8 cm³/mol. The molecule has 1 aromatic heterocycles. The quantitative estimate of drug-likeness (QED) is 0.852. The molecule has 0 fully saturated rings. The lowest BCUT2D eigenvalue weighted by Crippen LogP contribution is -2.00. The first-order chi connectivity index (χ1) is 7.72. The molecule has 0 saturated heterocycles. The van der Waals surface area contributed by atoms with Crippen LogP contribution in [0.25, 0.3) is 5.69 Å². The summed E-state index contributed by atoms with van der Waals surface area (Å²) < 4.78 is 1.91. The van der Waals surface area contributed by atoms with Gasteiger partial charge in [-0.1, -0.05) is 17.7 Å². The molecule has 0 unspecified atom stereocenters. The van der Waals surface area contributed by atoms with E-state index in [1.54, 1.807) is 0 Å². The van der Waals surface area contributed by atoms with E-state index >= 15 is 0 Å². The second kappa shape index (κ2) is 4.49. The number of aliphatic hydroxyl groups excluding tert-OH is 1. The zero-order valence-electron chi connectivity index (χ0n) is 9.64. The van der Waals surface area contributed by atoms with E-state index in [9.17, 15) is 0 Å². The molecule has 3 nitrogen and oxygen atoms in total. The van der Waals surface area contributed by atoms with E-state index in [0.717, 1.165) is 16.9 Å². The summed E-state index contributed by atoms with van der Waals surface area (Å²) >= 11 is 0. The Morgan fingerprint density at radius 3 is 2.50 bits per heavy atom. The van der Waals surface area contributed by atoms with Gasteiger partial charge in [0.15, 0.2) is 0 Å². The van der Waals surface area contributed by atoms with Crippen LogP contribution < -0.4 is 0 Å².